The predicted molar refractivity (Wildman–Crippen MR) is 114 cm³/mol. The maximum Gasteiger partial charge on any atom is 0.329 e. The van der Waals surface area contributed by atoms with Crippen molar-refractivity contribution in [2.24, 2.45) is 5.10 Å². The van der Waals surface area contributed by atoms with Crippen LogP contribution in [0, 0.1) is 5.82 Å². The molecule has 0 spiro atoms. The van der Waals surface area contributed by atoms with Gasteiger partial charge >= 0.3 is 11.8 Å². The van der Waals surface area contributed by atoms with Gasteiger partial charge < -0.3 is 15.4 Å². The van der Waals surface area contributed by atoms with Gasteiger partial charge in [-0.15, -0.1) is 0 Å². The Hall–Kier alpha value is -3.27. The van der Waals surface area contributed by atoms with Gasteiger partial charge in [-0.3, -0.25) is 14.4 Å². The average molecular weight is 479 g/mol. The van der Waals surface area contributed by atoms with Crippen molar-refractivity contribution in [1.29, 1.82) is 0 Å². The van der Waals surface area contributed by atoms with Gasteiger partial charge in [0, 0.05) is 10.5 Å². The number of hydrazone groups is 1. The molecule has 0 unspecified atom stereocenters. The lowest BCUT2D eigenvalue weighted by molar-refractivity contribution is -0.139. The zero-order chi connectivity index (χ0) is 22.1. The molecule has 2 aromatic carbocycles. The molecule has 0 saturated heterocycles. The molecule has 3 N–H and O–H groups in total. The number of anilines is 1. The Bertz CT molecular complexity index is 948. The molecule has 0 bridgehead atoms. The minimum absolute atomic E-state index is 0.0579. The number of rotatable bonds is 7. The second-order valence-electron chi connectivity index (χ2n) is 6.36. The standard InChI is InChI=1S/C20H20BrFN4O4/c1-12(2)24-19(28)20(29)26-23-10-13-3-6-15(7-4-13)30-11-18(27)25-17-8-5-14(21)9-16(17)22/h3-10,12H,11H2,1-2H3,(H,24,28)(H,25,27)(H,26,29)/b23-10-. The van der Waals surface area contributed by atoms with Gasteiger partial charge in [0.25, 0.3) is 5.91 Å². The lowest BCUT2D eigenvalue weighted by Crippen LogP contribution is -2.41. The first-order chi connectivity index (χ1) is 14.2. The maximum atomic E-state index is 13.7. The third-order valence-corrected chi connectivity index (χ3v) is 3.95. The molecule has 0 aliphatic carbocycles. The Balaban J connectivity index is 1.80. The van der Waals surface area contributed by atoms with E-state index in [1.807, 2.05) is 0 Å². The van der Waals surface area contributed by atoms with Crippen LogP contribution in [0.5, 0.6) is 5.75 Å². The lowest BCUT2D eigenvalue weighted by atomic mass is 10.2. The first kappa shape index (κ1) is 23.0. The van der Waals surface area contributed by atoms with E-state index in [1.54, 1.807) is 44.2 Å². The molecule has 3 amide bonds. The van der Waals surface area contributed by atoms with Crippen molar-refractivity contribution in [3.05, 3.63) is 58.3 Å². The van der Waals surface area contributed by atoms with E-state index in [4.69, 9.17) is 4.74 Å². The summed E-state index contributed by atoms with van der Waals surface area (Å²) in [6.45, 7) is 3.17. The smallest absolute Gasteiger partial charge is 0.329 e. The molecule has 0 aromatic heterocycles. The second kappa shape index (κ2) is 11.1. The van der Waals surface area contributed by atoms with Crippen LogP contribution in [0.3, 0.4) is 0 Å². The van der Waals surface area contributed by atoms with Crippen LogP contribution in [0.25, 0.3) is 0 Å². The summed E-state index contributed by atoms with van der Waals surface area (Å²) in [7, 11) is 0. The van der Waals surface area contributed by atoms with Crippen molar-refractivity contribution >= 4 is 45.6 Å². The second-order valence-corrected chi connectivity index (χ2v) is 7.27. The molecule has 2 aromatic rings. The van der Waals surface area contributed by atoms with Crippen LogP contribution in [0.1, 0.15) is 19.4 Å². The summed E-state index contributed by atoms with van der Waals surface area (Å²) in [6.07, 6.45) is 1.35. The van der Waals surface area contributed by atoms with Crippen molar-refractivity contribution in [1.82, 2.24) is 10.7 Å². The molecule has 0 atom stereocenters. The SMILES string of the molecule is CC(C)NC(=O)C(=O)N/N=C\c1ccc(OCC(=O)Nc2ccc(Br)cc2F)cc1. The van der Waals surface area contributed by atoms with E-state index in [2.05, 4.69) is 37.1 Å². The van der Waals surface area contributed by atoms with E-state index in [0.717, 1.165) is 0 Å². The number of nitrogens with one attached hydrogen (secondary N) is 3. The van der Waals surface area contributed by atoms with Crippen molar-refractivity contribution in [3.8, 4) is 5.75 Å². The third-order valence-electron chi connectivity index (χ3n) is 3.46. The quantitative estimate of drug-likeness (QED) is 0.322. The van der Waals surface area contributed by atoms with Gasteiger partial charge in [0.1, 0.15) is 11.6 Å². The van der Waals surface area contributed by atoms with E-state index in [0.29, 0.717) is 15.8 Å². The van der Waals surface area contributed by atoms with Crippen molar-refractivity contribution < 1.29 is 23.5 Å². The van der Waals surface area contributed by atoms with Crippen LogP contribution in [0.2, 0.25) is 0 Å². The van der Waals surface area contributed by atoms with E-state index < -0.39 is 23.5 Å². The van der Waals surface area contributed by atoms with Crippen molar-refractivity contribution in [2.45, 2.75) is 19.9 Å². The topological polar surface area (TPSA) is 109 Å². The van der Waals surface area contributed by atoms with Gasteiger partial charge in [-0.2, -0.15) is 5.10 Å². The molecule has 10 heteroatoms. The first-order valence-corrected chi connectivity index (χ1v) is 9.65. The summed E-state index contributed by atoms with van der Waals surface area (Å²) < 4.78 is 19.6. The highest BCUT2D eigenvalue weighted by Gasteiger charge is 2.13. The van der Waals surface area contributed by atoms with Crippen molar-refractivity contribution in [3.63, 3.8) is 0 Å². The third kappa shape index (κ3) is 7.63. The van der Waals surface area contributed by atoms with Gasteiger partial charge in [-0.1, -0.05) is 15.9 Å². The molecule has 0 heterocycles. The number of hydrogen-bond acceptors (Lipinski definition) is 5. The minimum atomic E-state index is -0.867. The molecular weight excluding hydrogens is 459 g/mol. The number of hydrogen-bond donors (Lipinski definition) is 3. The largest absolute Gasteiger partial charge is 0.484 e. The van der Waals surface area contributed by atoms with Crippen LogP contribution in [-0.4, -0.2) is 36.6 Å². The van der Waals surface area contributed by atoms with E-state index >= 15 is 0 Å². The van der Waals surface area contributed by atoms with E-state index in [9.17, 15) is 18.8 Å². The normalized spacial score (nSPS) is 10.7. The highest BCUT2D eigenvalue weighted by atomic mass is 79.9. The first-order valence-electron chi connectivity index (χ1n) is 8.86. The minimum Gasteiger partial charge on any atom is -0.484 e. The zero-order valence-corrected chi connectivity index (χ0v) is 17.8. The Kier molecular flexibility index (Phi) is 8.48. The van der Waals surface area contributed by atoms with Crippen LogP contribution in [-0.2, 0) is 14.4 Å². The van der Waals surface area contributed by atoms with E-state index in [1.165, 1.54) is 18.3 Å². The highest BCUT2D eigenvalue weighted by Crippen LogP contribution is 2.19. The molecule has 0 radical (unpaired) electrons. The fourth-order valence-corrected chi connectivity index (χ4v) is 2.45. The molecule has 0 aliphatic rings. The van der Waals surface area contributed by atoms with Crippen molar-refractivity contribution in [2.75, 3.05) is 11.9 Å². The zero-order valence-electron chi connectivity index (χ0n) is 16.2. The monoisotopic (exact) mass is 478 g/mol. The summed E-state index contributed by atoms with van der Waals surface area (Å²) in [6, 6.07) is 10.6. The summed E-state index contributed by atoms with van der Waals surface area (Å²) in [5.74, 6) is -2.29. The molecule has 0 aliphatic heterocycles. The summed E-state index contributed by atoms with van der Waals surface area (Å²) in [5.41, 5.74) is 2.81. The molecular formula is C20H20BrFN4O4. The van der Waals surface area contributed by atoms with Gasteiger partial charge in [-0.25, -0.2) is 9.82 Å². The number of halogens is 2. The fraction of sp³-hybridized carbons (Fsp3) is 0.200. The molecule has 8 nitrogen and oxygen atoms in total. The molecule has 30 heavy (non-hydrogen) atoms. The Morgan fingerprint density at radius 3 is 2.47 bits per heavy atom. The summed E-state index contributed by atoms with van der Waals surface area (Å²) in [4.78, 5) is 34.9. The van der Waals surface area contributed by atoms with Crippen LogP contribution in [0.4, 0.5) is 10.1 Å². The predicted octanol–water partition coefficient (Wildman–Crippen LogP) is 2.58. The van der Waals surface area contributed by atoms with Gasteiger partial charge in [0.15, 0.2) is 6.61 Å². The number of ether oxygens (including phenoxy) is 1. The summed E-state index contributed by atoms with van der Waals surface area (Å²) in [5, 5.41) is 8.58. The average Bonchev–Trinajstić information content (AvgIpc) is 2.69. The number of nitrogens with zero attached hydrogens (tertiary/aromatic N) is 1. The maximum absolute atomic E-state index is 13.7. The van der Waals surface area contributed by atoms with Crippen LogP contribution < -0.4 is 20.8 Å². The van der Waals surface area contributed by atoms with Crippen LogP contribution >= 0.6 is 15.9 Å². The molecule has 2 rings (SSSR count). The molecule has 0 fully saturated rings. The van der Waals surface area contributed by atoms with Gasteiger partial charge in [0.2, 0.25) is 0 Å². The molecule has 0 saturated carbocycles. The summed E-state index contributed by atoms with van der Waals surface area (Å²) >= 11 is 3.14. The Morgan fingerprint density at radius 2 is 1.83 bits per heavy atom. The van der Waals surface area contributed by atoms with Gasteiger partial charge in [-0.05, 0) is 61.9 Å². The van der Waals surface area contributed by atoms with E-state index in [-0.39, 0.29) is 18.3 Å². The Labute approximate surface area is 181 Å². The Morgan fingerprint density at radius 1 is 1.13 bits per heavy atom. The number of carbonyl (C=O) groups is 3. The van der Waals surface area contributed by atoms with Gasteiger partial charge in [0.05, 0.1) is 11.9 Å². The lowest BCUT2D eigenvalue weighted by Gasteiger charge is -2.08. The fourth-order valence-electron chi connectivity index (χ4n) is 2.12. The molecule has 158 valence electrons. The highest BCUT2D eigenvalue weighted by molar-refractivity contribution is 9.10. The number of amides is 3. The number of carbonyl (C=O) groups excluding carboxylic acids is 3. The number of benzene rings is 2. The van der Waals surface area contributed by atoms with Crippen LogP contribution in [0.15, 0.2) is 52.0 Å².